The Bertz CT molecular complexity index is 1190. The molecule has 0 rings (SSSR count). The quantitative estimate of drug-likeness (QED) is 0.0320. The van der Waals surface area contributed by atoms with Gasteiger partial charge in [0.15, 0.2) is 0 Å². The van der Waals surface area contributed by atoms with E-state index in [2.05, 4.69) is 19.2 Å². The van der Waals surface area contributed by atoms with E-state index >= 15 is 0 Å². The monoisotopic (exact) mass is 1110 g/mol. The van der Waals surface area contributed by atoms with Gasteiger partial charge in [-0.2, -0.15) is 0 Å². The summed E-state index contributed by atoms with van der Waals surface area (Å²) in [6.07, 6.45) is 85.9. The number of allylic oxidation sites excluding steroid dienone is 1. The number of hydrogen-bond acceptors (Lipinski definition) is 5. The lowest BCUT2D eigenvalue weighted by molar-refractivity contribution is -0.143. The zero-order chi connectivity index (χ0) is 57.1. The van der Waals surface area contributed by atoms with Crippen LogP contribution in [0, 0.1) is 0 Å². The molecule has 0 heterocycles. The summed E-state index contributed by atoms with van der Waals surface area (Å²) in [5.74, 6) is -0.0384. The molecule has 0 saturated carbocycles. The van der Waals surface area contributed by atoms with E-state index in [1.807, 2.05) is 6.08 Å². The van der Waals surface area contributed by atoms with Gasteiger partial charge in [-0.15, -0.1) is 0 Å². The highest BCUT2D eigenvalue weighted by Crippen LogP contribution is 2.19. The van der Waals surface area contributed by atoms with Crippen LogP contribution in [-0.4, -0.2) is 47.4 Å². The molecule has 0 bridgehead atoms. The SMILES string of the molecule is CCCCCCCCCCCCCCCCCC/C=C/C(O)C(CO)NC(=O)CCCCCCCCCCCCCCCCCCCCCCCCCCCCCOC(=O)CCCCCCCCCCCCCCCCCCC. The van der Waals surface area contributed by atoms with Gasteiger partial charge >= 0.3 is 5.97 Å². The largest absolute Gasteiger partial charge is 0.466 e. The van der Waals surface area contributed by atoms with E-state index in [0.29, 0.717) is 19.4 Å². The smallest absolute Gasteiger partial charge is 0.305 e. The van der Waals surface area contributed by atoms with Crippen LogP contribution < -0.4 is 5.32 Å². The van der Waals surface area contributed by atoms with Crippen molar-refractivity contribution in [1.82, 2.24) is 5.32 Å². The number of ether oxygens (including phenoxy) is 1. The third-order valence-electron chi connectivity index (χ3n) is 17.3. The molecule has 0 aliphatic rings. The van der Waals surface area contributed by atoms with E-state index in [4.69, 9.17) is 4.74 Å². The van der Waals surface area contributed by atoms with E-state index in [1.54, 1.807) is 6.08 Å². The summed E-state index contributed by atoms with van der Waals surface area (Å²) < 4.78 is 5.51. The number of rotatable bonds is 69. The second-order valence-corrected chi connectivity index (χ2v) is 25.3. The minimum atomic E-state index is -0.842. The van der Waals surface area contributed by atoms with Crippen molar-refractivity contribution in [3.63, 3.8) is 0 Å². The highest BCUT2D eigenvalue weighted by atomic mass is 16.5. The second-order valence-electron chi connectivity index (χ2n) is 25.3. The first kappa shape index (κ1) is 77.6. The molecule has 0 aromatic heterocycles. The Morgan fingerprint density at radius 3 is 0.861 bits per heavy atom. The first-order chi connectivity index (χ1) is 39.0. The zero-order valence-electron chi connectivity index (χ0n) is 53.9. The highest BCUT2D eigenvalue weighted by molar-refractivity contribution is 5.76. The molecule has 0 aliphatic heterocycles. The van der Waals surface area contributed by atoms with E-state index in [0.717, 1.165) is 38.5 Å². The predicted molar refractivity (Wildman–Crippen MR) is 347 cm³/mol. The molecule has 6 nitrogen and oxygen atoms in total. The molecule has 0 aromatic carbocycles. The normalized spacial score (nSPS) is 12.5. The van der Waals surface area contributed by atoms with Crippen molar-refractivity contribution in [1.29, 1.82) is 0 Å². The van der Waals surface area contributed by atoms with Crippen LogP contribution in [0.15, 0.2) is 12.2 Å². The number of carbonyl (C=O) groups excluding carboxylic acids is 2. The number of carbonyl (C=O) groups is 2. The van der Waals surface area contributed by atoms with Crippen LogP contribution >= 0.6 is 0 Å². The van der Waals surface area contributed by atoms with Crippen molar-refractivity contribution >= 4 is 11.9 Å². The first-order valence-electron chi connectivity index (χ1n) is 36.5. The van der Waals surface area contributed by atoms with E-state index in [1.165, 1.54) is 353 Å². The Kier molecular flexibility index (Phi) is 67.9. The van der Waals surface area contributed by atoms with Gasteiger partial charge < -0.3 is 20.3 Å². The van der Waals surface area contributed by atoms with Crippen molar-refractivity contribution < 1.29 is 24.5 Å². The average molecular weight is 1110 g/mol. The number of amides is 1. The van der Waals surface area contributed by atoms with Crippen molar-refractivity contribution in [2.75, 3.05) is 13.2 Å². The molecule has 0 radical (unpaired) electrons. The van der Waals surface area contributed by atoms with E-state index in [9.17, 15) is 19.8 Å². The van der Waals surface area contributed by atoms with Gasteiger partial charge in [0.1, 0.15) is 0 Å². The van der Waals surface area contributed by atoms with Crippen LogP contribution in [0.1, 0.15) is 418 Å². The Labute approximate surface area is 495 Å². The lowest BCUT2D eigenvalue weighted by Crippen LogP contribution is -2.45. The molecule has 0 spiro atoms. The van der Waals surface area contributed by atoms with Crippen molar-refractivity contribution in [3.8, 4) is 0 Å². The molecule has 1 amide bonds. The maximum atomic E-state index is 12.5. The number of esters is 1. The van der Waals surface area contributed by atoms with Gasteiger partial charge in [0.2, 0.25) is 5.91 Å². The molecule has 0 saturated heterocycles. The number of aliphatic hydroxyl groups excluding tert-OH is 2. The number of nitrogens with one attached hydrogen (secondary N) is 1. The maximum absolute atomic E-state index is 12.5. The van der Waals surface area contributed by atoms with Gasteiger partial charge in [0, 0.05) is 12.8 Å². The molecule has 79 heavy (non-hydrogen) atoms. The molecular formula is C73H143NO5. The van der Waals surface area contributed by atoms with Crippen molar-refractivity contribution in [3.05, 3.63) is 12.2 Å². The second kappa shape index (κ2) is 69.1. The summed E-state index contributed by atoms with van der Waals surface area (Å²) in [6, 6.07) is -0.625. The van der Waals surface area contributed by atoms with E-state index in [-0.39, 0.29) is 18.5 Å². The van der Waals surface area contributed by atoms with Gasteiger partial charge in [-0.1, -0.05) is 386 Å². The maximum Gasteiger partial charge on any atom is 0.305 e. The summed E-state index contributed by atoms with van der Waals surface area (Å²) in [5.41, 5.74) is 0. The fourth-order valence-corrected chi connectivity index (χ4v) is 11.8. The molecule has 0 aliphatic carbocycles. The summed E-state index contributed by atoms with van der Waals surface area (Å²) in [7, 11) is 0. The van der Waals surface area contributed by atoms with Crippen molar-refractivity contribution in [2.45, 2.75) is 431 Å². The molecule has 470 valence electrons. The summed E-state index contributed by atoms with van der Waals surface area (Å²) in [6.45, 7) is 4.96. The minimum absolute atomic E-state index is 0.0228. The molecule has 3 N–H and O–H groups in total. The van der Waals surface area contributed by atoms with Gasteiger partial charge in [0.25, 0.3) is 0 Å². The molecule has 0 fully saturated rings. The van der Waals surface area contributed by atoms with Crippen LogP contribution in [0.25, 0.3) is 0 Å². The lowest BCUT2D eigenvalue weighted by atomic mass is 10.0. The predicted octanol–water partition coefficient (Wildman–Crippen LogP) is 23.5. The first-order valence-corrected chi connectivity index (χ1v) is 36.5. The number of unbranched alkanes of at least 4 members (excludes halogenated alkanes) is 58. The number of aliphatic hydroxyl groups is 2. The minimum Gasteiger partial charge on any atom is -0.466 e. The third kappa shape index (κ3) is 65.6. The Morgan fingerprint density at radius 2 is 0.582 bits per heavy atom. The van der Waals surface area contributed by atoms with Gasteiger partial charge in [0.05, 0.1) is 25.4 Å². The summed E-state index contributed by atoms with van der Waals surface area (Å²) in [4.78, 5) is 24.6. The standard InChI is InChI=1S/C73H143NO5/c1-3-5-7-9-11-13-15-17-19-21-34-37-41-45-49-53-57-61-65-71(76)70(69-75)74-72(77)66-62-58-54-50-46-42-38-35-31-29-27-25-23-22-24-26-28-30-32-36-40-44-48-52-56-60-64-68-79-73(78)67-63-59-55-51-47-43-39-33-20-18-16-14-12-10-8-6-4-2/h61,65,70-71,75-76H,3-60,62-64,66-69H2,1-2H3,(H,74,77)/b65-61+. The van der Waals surface area contributed by atoms with Crippen LogP contribution in [0.4, 0.5) is 0 Å². The van der Waals surface area contributed by atoms with Gasteiger partial charge in [-0.25, -0.2) is 0 Å². The zero-order valence-corrected chi connectivity index (χ0v) is 53.9. The summed E-state index contributed by atoms with van der Waals surface area (Å²) in [5, 5.41) is 23.2. The van der Waals surface area contributed by atoms with E-state index < -0.39 is 12.1 Å². The van der Waals surface area contributed by atoms with Gasteiger partial charge in [-0.05, 0) is 32.1 Å². The van der Waals surface area contributed by atoms with Gasteiger partial charge in [-0.3, -0.25) is 9.59 Å². The fourth-order valence-electron chi connectivity index (χ4n) is 11.8. The van der Waals surface area contributed by atoms with Crippen molar-refractivity contribution in [2.24, 2.45) is 0 Å². The van der Waals surface area contributed by atoms with Crippen LogP contribution in [0.2, 0.25) is 0 Å². The van der Waals surface area contributed by atoms with Crippen LogP contribution in [0.3, 0.4) is 0 Å². The van der Waals surface area contributed by atoms with Crippen LogP contribution in [-0.2, 0) is 14.3 Å². The molecular weight excluding hydrogens is 971 g/mol. The molecule has 6 heteroatoms. The lowest BCUT2D eigenvalue weighted by Gasteiger charge is -2.20. The topological polar surface area (TPSA) is 95.9 Å². The fraction of sp³-hybridized carbons (Fsp3) is 0.945. The Morgan fingerprint density at radius 1 is 0.342 bits per heavy atom. The summed E-state index contributed by atoms with van der Waals surface area (Å²) >= 11 is 0. The molecule has 0 aromatic rings. The third-order valence-corrected chi connectivity index (χ3v) is 17.3. The average Bonchev–Trinajstić information content (AvgIpc) is 3.45. The van der Waals surface area contributed by atoms with Crippen LogP contribution in [0.5, 0.6) is 0 Å². The molecule has 2 atom stereocenters. The Hall–Kier alpha value is -1.40. The Balaban J connectivity index is 3.35. The highest BCUT2D eigenvalue weighted by Gasteiger charge is 2.18. The molecule has 2 unspecified atom stereocenters. The number of hydrogen-bond donors (Lipinski definition) is 3.